The summed E-state index contributed by atoms with van der Waals surface area (Å²) in [6.45, 7) is 16.9. The van der Waals surface area contributed by atoms with Gasteiger partial charge in [-0.2, -0.15) is 0 Å². The third-order valence-corrected chi connectivity index (χ3v) is 8.94. The number of anilines is 1. The molecule has 0 spiro atoms. The van der Waals surface area contributed by atoms with Crippen LogP contribution >= 0.6 is 11.6 Å². The number of benzene rings is 2. The molecule has 1 fully saturated rings. The van der Waals surface area contributed by atoms with Crippen molar-refractivity contribution in [3.05, 3.63) is 86.2 Å². The second-order valence-electron chi connectivity index (χ2n) is 13.3. The summed E-state index contributed by atoms with van der Waals surface area (Å²) in [6.07, 6.45) is -1.43. The first kappa shape index (κ1) is 36.7. The van der Waals surface area contributed by atoms with Gasteiger partial charge in [-0.25, -0.2) is 9.37 Å². The molecular weight excluding hydrogens is 635 g/mol. The van der Waals surface area contributed by atoms with Gasteiger partial charge in [0.2, 0.25) is 0 Å². The first-order valence-corrected chi connectivity index (χ1v) is 16.8. The fraction of sp³-hybridized carbons (Fsp3) is 0.472. The Bertz CT molecular complexity index is 1630. The number of carboxylic acid groups (broad SMARTS) is 1. The lowest BCUT2D eigenvalue weighted by molar-refractivity contribution is -0.652. The summed E-state index contributed by atoms with van der Waals surface area (Å²) in [6, 6.07) is 11.3. The molecule has 0 unspecified atom stereocenters. The molecule has 2 atom stereocenters. The van der Waals surface area contributed by atoms with E-state index >= 15 is 4.39 Å². The average molecular weight is 682 g/mol. The number of hydrazine groups is 1. The molecular formula is C36H47ClFN6O4+. The zero-order chi connectivity index (χ0) is 35.3. The molecule has 1 aliphatic rings. The number of aryl methyl sites for hydroxylation is 3. The second-order valence-corrected chi connectivity index (χ2v) is 13.8. The lowest BCUT2D eigenvalue weighted by atomic mass is 9.90. The van der Waals surface area contributed by atoms with E-state index in [1.165, 1.54) is 0 Å². The first-order valence-electron chi connectivity index (χ1n) is 16.4. The van der Waals surface area contributed by atoms with Gasteiger partial charge in [-0.15, -0.1) is 5.43 Å². The van der Waals surface area contributed by atoms with Crippen LogP contribution in [0.15, 0.2) is 42.5 Å². The molecule has 1 amide bonds. The van der Waals surface area contributed by atoms with Gasteiger partial charge in [-0.05, 0) is 105 Å². The number of nitrogens with one attached hydrogen (secondary N) is 2. The van der Waals surface area contributed by atoms with Crippen molar-refractivity contribution in [1.29, 1.82) is 0 Å². The number of carbonyl (C=O) groups is 2. The van der Waals surface area contributed by atoms with Crippen molar-refractivity contribution in [3.63, 3.8) is 0 Å². The zero-order valence-corrected chi connectivity index (χ0v) is 29.6. The van der Waals surface area contributed by atoms with Gasteiger partial charge in [0.05, 0.1) is 11.3 Å². The lowest BCUT2D eigenvalue weighted by Crippen LogP contribution is -2.50. The number of carbonyl (C=O) groups excluding carboxylic acids is 1. The van der Waals surface area contributed by atoms with E-state index in [9.17, 15) is 19.6 Å². The molecule has 0 radical (unpaired) electrons. The number of amides is 1. The summed E-state index contributed by atoms with van der Waals surface area (Å²) in [5.74, 6) is -1.71. The Morgan fingerprint density at radius 1 is 1.00 bits per heavy atom. The van der Waals surface area contributed by atoms with Crippen molar-refractivity contribution >= 4 is 29.3 Å². The van der Waals surface area contributed by atoms with Crippen molar-refractivity contribution in [3.8, 4) is 11.1 Å². The van der Waals surface area contributed by atoms with E-state index in [0.29, 0.717) is 32.9 Å². The molecule has 3 aromatic rings. The van der Waals surface area contributed by atoms with Gasteiger partial charge >= 0.3 is 12.1 Å². The van der Waals surface area contributed by atoms with E-state index in [1.54, 1.807) is 31.2 Å². The number of nitroso groups, excluding NO2 is 1. The number of halogens is 2. The predicted molar refractivity (Wildman–Crippen MR) is 187 cm³/mol. The smallest absolute Gasteiger partial charge is 0.308 e. The minimum absolute atomic E-state index is 0.0128. The van der Waals surface area contributed by atoms with Crippen LogP contribution in [-0.4, -0.2) is 70.1 Å². The van der Waals surface area contributed by atoms with Crippen molar-refractivity contribution < 1.29 is 24.0 Å². The molecule has 0 aliphatic carbocycles. The maximum atomic E-state index is 15.7. The molecule has 1 saturated heterocycles. The van der Waals surface area contributed by atoms with Crippen LogP contribution in [-0.2, 0) is 4.79 Å². The lowest BCUT2D eigenvalue weighted by Gasteiger charge is -2.37. The maximum absolute atomic E-state index is 15.7. The van der Waals surface area contributed by atoms with Gasteiger partial charge in [-0.1, -0.05) is 31.5 Å². The number of pyridine rings is 1. The summed E-state index contributed by atoms with van der Waals surface area (Å²) < 4.78 is 15.7. The molecule has 258 valence electrons. The standard InChI is InChI=1S/C36H46ClFN6O4/c1-21(2)15-32(40-36(47)29-9-8-10-31(39-29)43-13-11-42(12-14-43)22(3)4)44(48)41-30(20-33(45)46)28-19-26(16-25(7)35(28)38)34-23(5)17-27(37)18-24(34)6/h8-10,16-19,21-22,30,32H,11-15,20H2,1-7H3,(H2-,40,41,45,46,47,48)/p+1/t30-,32+/m0/s1. The maximum Gasteiger partial charge on any atom is 0.308 e. The molecule has 10 nitrogen and oxygen atoms in total. The molecule has 1 aliphatic heterocycles. The minimum Gasteiger partial charge on any atom is -0.481 e. The van der Waals surface area contributed by atoms with Crippen LogP contribution in [0.3, 0.4) is 0 Å². The summed E-state index contributed by atoms with van der Waals surface area (Å²) in [5, 5.41) is 13.1. The van der Waals surface area contributed by atoms with Crippen LogP contribution < -0.4 is 15.6 Å². The molecule has 2 heterocycles. The topological polar surface area (TPSA) is 118 Å². The minimum atomic E-state index is -1.23. The predicted octanol–water partition coefficient (Wildman–Crippen LogP) is 6.60. The number of aromatic nitrogens is 1. The highest BCUT2D eigenvalue weighted by atomic mass is 35.5. The van der Waals surface area contributed by atoms with Crippen molar-refractivity contribution in [2.24, 2.45) is 5.92 Å². The fourth-order valence-corrected chi connectivity index (χ4v) is 6.61. The summed E-state index contributed by atoms with van der Waals surface area (Å²) in [7, 11) is 0. The van der Waals surface area contributed by atoms with Gasteiger partial charge in [0.1, 0.15) is 28.2 Å². The molecule has 2 aromatic carbocycles. The Labute approximate surface area is 287 Å². The molecule has 1 aromatic heterocycles. The highest BCUT2D eigenvalue weighted by molar-refractivity contribution is 6.30. The SMILES string of the molecule is Cc1cc(-c2c(C)cc(Cl)cc2C)cc([C@H](CC(=O)O)N[N+](=O)[C@H](CC(C)C)NC(=O)c2cccc(N3CCN(C(C)C)CC3)n2)c1F. The first-order chi connectivity index (χ1) is 22.6. The second kappa shape index (κ2) is 15.9. The molecule has 12 heteroatoms. The molecule has 4 rings (SSSR count). The molecule has 48 heavy (non-hydrogen) atoms. The van der Waals surface area contributed by atoms with E-state index in [4.69, 9.17) is 11.6 Å². The van der Waals surface area contributed by atoms with Gasteiger partial charge in [-0.3, -0.25) is 19.8 Å². The number of piperazine rings is 1. The highest BCUT2D eigenvalue weighted by Gasteiger charge is 2.34. The van der Waals surface area contributed by atoms with Crippen molar-refractivity contribution in [1.82, 2.24) is 20.6 Å². The Hall–Kier alpha value is -4.09. The van der Waals surface area contributed by atoms with Crippen LogP contribution in [0.2, 0.25) is 5.02 Å². The largest absolute Gasteiger partial charge is 0.481 e. The molecule has 0 bridgehead atoms. The van der Waals surface area contributed by atoms with E-state index in [0.717, 1.165) is 42.9 Å². The normalized spacial score (nSPS) is 15.0. The number of hydrogen-bond acceptors (Lipinski definition) is 6. The van der Waals surface area contributed by atoms with Gasteiger partial charge in [0, 0.05) is 49.2 Å². The van der Waals surface area contributed by atoms with E-state index in [-0.39, 0.29) is 23.6 Å². The zero-order valence-electron chi connectivity index (χ0n) is 28.8. The van der Waals surface area contributed by atoms with Crippen LogP contribution in [0.1, 0.15) is 79.3 Å². The Morgan fingerprint density at radius 3 is 2.23 bits per heavy atom. The third kappa shape index (κ3) is 9.08. The van der Waals surface area contributed by atoms with E-state index in [2.05, 4.69) is 39.4 Å². The van der Waals surface area contributed by atoms with Crippen LogP contribution in [0, 0.1) is 37.4 Å². The molecule has 3 N–H and O–H groups in total. The van der Waals surface area contributed by atoms with Crippen LogP contribution in [0.4, 0.5) is 10.2 Å². The fourth-order valence-electron chi connectivity index (χ4n) is 6.28. The van der Waals surface area contributed by atoms with Gasteiger partial charge < -0.3 is 10.0 Å². The number of nitrogens with zero attached hydrogens (tertiary/aromatic N) is 4. The highest BCUT2D eigenvalue weighted by Crippen LogP contribution is 2.34. The third-order valence-electron chi connectivity index (χ3n) is 8.72. The van der Waals surface area contributed by atoms with Crippen LogP contribution in [0.5, 0.6) is 0 Å². The van der Waals surface area contributed by atoms with Crippen molar-refractivity contribution in [2.45, 2.75) is 79.6 Å². The quantitative estimate of drug-likeness (QED) is 0.105. The summed E-state index contributed by atoms with van der Waals surface area (Å²) in [4.78, 5) is 48.8. The summed E-state index contributed by atoms with van der Waals surface area (Å²) >= 11 is 6.25. The number of rotatable bonds is 13. The van der Waals surface area contributed by atoms with Crippen molar-refractivity contribution in [2.75, 3.05) is 31.1 Å². The Kier molecular flexibility index (Phi) is 12.1. The van der Waals surface area contributed by atoms with Crippen LogP contribution in [0.25, 0.3) is 11.1 Å². The molecule has 0 saturated carbocycles. The number of carboxylic acids is 1. The van der Waals surface area contributed by atoms with Gasteiger partial charge in [0.15, 0.2) is 0 Å². The number of aliphatic carboxylic acids is 1. The van der Waals surface area contributed by atoms with E-state index < -0.39 is 36.3 Å². The average Bonchev–Trinajstić information content (AvgIpc) is 3.01. The summed E-state index contributed by atoms with van der Waals surface area (Å²) in [5.41, 5.74) is 6.44. The Balaban J connectivity index is 1.59. The monoisotopic (exact) mass is 681 g/mol. The van der Waals surface area contributed by atoms with Gasteiger partial charge in [0.25, 0.3) is 5.91 Å². The Morgan fingerprint density at radius 2 is 1.65 bits per heavy atom. The number of hydrogen-bond donors (Lipinski definition) is 3. The van der Waals surface area contributed by atoms with E-state index in [1.807, 2.05) is 45.9 Å².